The highest BCUT2D eigenvalue weighted by Gasteiger charge is 2.22. The molecule has 0 atom stereocenters. The SMILES string of the molecule is C=CCOc1cccc(NC(=O)N2CCN(c3nccs3)CC2)c1. The van der Waals surface area contributed by atoms with Crippen LogP contribution in [0.1, 0.15) is 0 Å². The summed E-state index contributed by atoms with van der Waals surface area (Å²) < 4.78 is 5.48. The largest absolute Gasteiger partial charge is 0.489 e. The number of nitrogens with one attached hydrogen (secondary N) is 1. The molecule has 2 aromatic rings. The molecule has 0 spiro atoms. The van der Waals surface area contributed by atoms with Crippen molar-refractivity contribution in [1.82, 2.24) is 9.88 Å². The quantitative estimate of drug-likeness (QED) is 0.847. The molecule has 0 bridgehead atoms. The number of amides is 2. The number of nitrogens with zero attached hydrogens (tertiary/aromatic N) is 3. The molecule has 2 amide bonds. The minimum Gasteiger partial charge on any atom is -0.489 e. The fraction of sp³-hybridized carbons (Fsp3) is 0.294. The standard InChI is InChI=1S/C17H20N4O2S/c1-2-11-23-15-5-3-4-14(13-15)19-16(22)20-7-9-21(10-8-20)17-18-6-12-24-17/h2-6,12-13H,1,7-11H2,(H,19,22). The van der Waals surface area contributed by atoms with Gasteiger partial charge in [0.1, 0.15) is 12.4 Å². The fourth-order valence-electron chi connectivity index (χ4n) is 2.49. The maximum absolute atomic E-state index is 12.4. The van der Waals surface area contributed by atoms with Gasteiger partial charge in [-0.05, 0) is 12.1 Å². The van der Waals surface area contributed by atoms with Crippen molar-refractivity contribution in [2.45, 2.75) is 0 Å². The molecular formula is C17H20N4O2S. The summed E-state index contributed by atoms with van der Waals surface area (Å²) in [5.74, 6) is 0.710. The Labute approximate surface area is 145 Å². The zero-order chi connectivity index (χ0) is 16.8. The normalized spacial score (nSPS) is 14.3. The van der Waals surface area contributed by atoms with Gasteiger partial charge in [-0.3, -0.25) is 0 Å². The van der Waals surface area contributed by atoms with Crippen molar-refractivity contribution >= 4 is 28.2 Å². The Bertz CT molecular complexity index is 682. The van der Waals surface area contributed by atoms with E-state index < -0.39 is 0 Å². The van der Waals surface area contributed by atoms with Gasteiger partial charge in [0.25, 0.3) is 0 Å². The zero-order valence-corrected chi connectivity index (χ0v) is 14.2. The lowest BCUT2D eigenvalue weighted by Crippen LogP contribution is -2.50. The monoisotopic (exact) mass is 344 g/mol. The average molecular weight is 344 g/mol. The van der Waals surface area contributed by atoms with Gasteiger partial charge in [0.2, 0.25) is 0 Å². The number of thiazole rings is 1. The second-order valence-electron chi connectivity index (χ2n) is 5.35. The van der Waals surface area contributed by atoms with E-state index in [0.717, 1.165) is 23.9 Å². The summed E-state index contributed by atoms with van der Waals surface area (Å²) in [6.07, 6.45) is 3.49. The van der Waals surface area contributed by atoms with Gasteiger partial charge < -0.3 is 19.9 Å². The van der Waals surface area contributed by atoms with E-state index in [0.29, 0.717) is 25.4 Å². The first-order chi connectivity index (χ1) is 11.8. The van der Waals surface area contributed by atoms with Crippen molar-refractivity contribution in [1.29, 1.82) is 0 Å². The maximum atomic E-state index is 12.4. The second-order valence-corrected chi connectivity index (χ2v) is 6.22. The van der Waals surface area contributed by atoms with Crippen LogP contribution in [0.5, 0.6) is 5.75 Å². The molecule has 7 heteroatoms. The van der Waals surface area contributed by atoms with Crippen molar-refractivity contribution in [3.63, 3.8) is 0 Å². The first kappa shape index (κ1) is 16.3. The Balaban J connectivity index is 1.53. The summed E-state index contributed by atoms with van der Waals surface area (Å²) in [7, 11) is 0. The van der Waals surface area contributed by atoms with Crippen LogP contribution >= 0.6 is 11.3 Å². The number of benzene rings is 1. The van der Waals surface area contributed by atoms with Gasteiger partial charge in [-0.1, -0.05) is 18.7 Å². The number of hydrogen-bond acceptors (Lipinski definition) is 5. The maximum Gasteiger partial charge on any atom is 0.321 e. The molecule has 1 saturated heterocycles. The van der Waals surface area contributed by atoms with Crippen LogP contribution in [-0.4, -0.2) is 48.7 Å². The van der Waals surface area contributed by atoms with E-state index in [1.807, 2.05) is 34.5 Å². The van der Waals surface area contributed by atoms with Crippen LogP contribution in [0.3, 0.4) is 0 Å². The first-order valence-corrected chi connectivity index (χ1v) is 8.68. The van der Waals surface area contributed by atoms with Crippen LogP contribution in [0.2, 0.25) is 0 Å². The molecule has 3 rings (SSSR count). The Hall–Kier alpha value is -2.54. The van der Waals surface area contributed by atoms with E-state index in [9.17, 15) is 4.79 Å². The van der Waals surface area contributed by atoms with Crippen LogP contribution in [0.4, 0.5) is 15.6 Å². The van der Waals surface area contributed by atoms with E-state index in [4.69, 9.17) is 4.74 Å². The highest BCUT2D eigenvalue weighted by atomic mass is 32.1. The molecule has 126 valence electrons. The Morgan fingerprint density at radius 3 is 2.92 bits per heavy atom. The molecular weight excluding hydrogens is 324 g/mol. The predicted molar refractivity (Wildman–Crippen MR) is 97.1 cm³/mol. The molecule has 0 radical (unpaired) electrons. The number of rotatable bonds is 5. The molecule has 0 saturated carbocycles. The third-order valence-corrected chi connectivity index (χ3v) is 4.54. The number of aromatic nitrogens is 1. The van der Waals surface area contributed by atoms with Gasteiger partial charge in [0, 0.05) is 49.5 Å². The summed E-state index contributed by atoms with van der Waals surface area (Å²) in [5, 5.41) is 5.91. The molecule has 1 aromatic carbocycles. The molecule has 1 aromatic heterocycles. The minimum atomic E-state index is -0.0883. The number of urea groups is 1. The summed E-state index contributed by atoms with van der Waals surface area (Å²) in [4.78, 5) is 20.8. The van der Waals surface area contributed by atoms with E-state index >= 15 is 0 Å². The molecule has 1 fully saturated rings. The van der Waals surface area contributed by atoms with Crippen LogP contribution in [0.15, 0.2) is 48.5 Å². The Morgan fingerprint density at radius 1 is 1.38 bits per heavy atom. The van der Waals surface area contributed by atoms with Crippen LogP contribution in [0, 0.1) is 0 Å². The Kier molecular flexibility index (Phi) is 5.32. The predicted octanol–water partition coefficient (Wildman–Crippen LogP) is 3.06. The van der Waals surface area contributed by atoms with Gasteiger partial charge in [0.05, 0.1) is 0 Å². The van der Waals surface area contributed by atoms with E-state index in [1.54, 1.807) is 23.6 Å². The van der Waals surface area contributed by atoms with E-state index in [1.165, 1.54) is 0 Å². The number of hydrogen-bond donors (Lipinski definition) is 1. The molecule has 1 aliphatic heterocycles. The van der Waals surface area contributed by atoms with Gasteiger partial charge >= 0.3 is 6.03 Å². The molecule has 6 nitrogen and oxygen atoms in total. The van der Waals surface area contributed by atoms with Crippen molar-refractivity contribution in [3.05, 3.63) is 48.5 Å². The zero-order valence-electron chi connectivity index (χ0n) is 13.4. The van der Waals surface area contributed by atoms with Gasteiger partial charge in [-0.25, -0.2) is 9.78 Å². The fourth-order valence-corrected chi connectivity index (χ4v) is 3.19. The van der Waals surface area contributed by atoms with Crippen molar-refractivity contribution < 1.29 is 9.53 Å². The molecule has 1 N–H and O–H groups in total. The van der Waals surface area contributed by atoms with Crippen LogP contribution in [0.25, 0.3) is 0 Å². The van der Waals surface area contributed by atoms with Crippen molar-refractivity contribution in [2.24, 2.45) is 0 Å². The van der Waals surface area contributed by atoms with Crippen molar-refractivity contribution in [3.8, 4) is 5.75 Å². The third-order valence-electron chi connectivity index (χ3n) is 3.71. The topological polar surface area (TPSA) is 57.7 Å². The minimum absolute atomic E-state index is 0.0883. The number of carbonyl (C=O) groups is 1. The highest BCUT2D eigenvalue weighted by Crippen LogP contribution is 2.20. The highest BCUT2D eigenvalue weighted by molar-refractivity contribution is 7.13. The molecule has 2 heterocycles. The summed E-state index contributed by atoms with van der Waals surface area (Å²) in [5.41, 5.74) is 0.726. The van der Waals surface area contributed by atoms with Crippen LogP contribution < -0.4 is 15.0 Å². The smallest absolute Gasteiger partial charge is 0.321 e. The second kappa shape index (κ2) is 7.83. The van der Waals surface area contributed by atoms with Crippen LogP contribution in [-0.2, 0) is 0 Å². The molecule has 1 aliphatic rings. The lowest BCUT2D eigenvalue weighted by atomic mass is 10.3. The molecule has 0 aliphatic carbocycles. The Morgan fingerprint density at radius 2 is 2.21 bits per heavy atom. The van der Waals surface area contributed by atoms with Gasteiger partial charge in [0.15, 0.2) is 5.13 Å². The lowest BCUT2D eigenvalue weighted by Gasteiger charge is -2.34. The summed E-state index contributed by atoms with van der Waals surface area (Å²) >= 11 is 1.62. The first-order valence-electron chi connectivity index (χ1n) is 7.80. The molecule has 0 unspecified atom stereocenters. The lowest BCUT2D eigenvalue weighted by molar-refractivity contribution is 0.208. The van der Waals surface area contributed by atoms with E-state index in [-0.39, 0.29) is 6.03 Å². The summed E-state index contributed by atoms with van der Waals surface area (Å²) in [6, 6.07) is 7.28. The number of anilines is 2. The van der Waals surface area contributed by atoms with Gasteiger partial charge in [-0.2, -0.15) is 0 Å². The van der Waals surface area contributed by atoms with E-state index in [2.05, 4.69) is 21.8 Å². The number of carbonyl (C=O) groups excluding carboxylic acids is 1. The summed E-state index contributed by atoms with van der Waals surface area (Å²) in [6.45, 7) is 7.01. The van der Waals surface area contributed by atoms with Crippen molar-refractivity contribution in [2.75, 3.05) is 43.0 Å². The number of ether oxygens (including phenoxy) is 1. The average Bonchev–Trinajstić information content (AvgIpc) is 3.15. The van der Waals surface area contributed by atoms with Gasteiger partial charge in [-0.15, -0.1) is 11.3 Å². The number of piperazine rings is 1. The molecule has 24 heavy (non-hydrogen) atoms. The third kappa shape index (κ3) is 4.05.